The lowest BCUT2D eigenvalue weighted by atomic mass is 11.9. The van der Waals surface area contributed by atoms with Gasteiger partial charge < -0.3 is 0 Å². The van der Waals surface area contributed by atoms with Crippen molar-refractivity contribution in [1.82, 2.24) is 0 Å². The summed E-state index contributed by atoms with van der Waals surface area (Å²) in [6.45, 7) is 0. The van der Waals surface area contributed by atoms with Gasteiger partial charge in [0.15, 0.2) is 0 Å². The molecule has 0 aromatic carbocycles. The highest BCUT2D eigenvalue weighted by Crippen LogP contribution is 3.15. The van der Waals surface area contributed by atoms with E-state index in [-0.39, 0.29) is 5.26 Å². The summed E-state index contributed by atoms with van der Waals surface area (Å²) < 4.78 is 1.10. The molecule has 4 heteroatoms. The first-order chi connectivity index (χ1) is 2.31. The van der Waals surface area contributed by atoms with Gasteiger partial charge in [-0.2, -0.15) is 0 Å². The SMILES string of the molecule is IS12SC1S2. The summed E-state index contributed by atoms with van der Waals surface area (Å²) in [6, 6.07) is 0. The molecule has 0 aliphatic carbocycles. The molecule has 2 rings (SSSR count). The van der Waals surface area contributed by atoms with Crippen LogP contribution in [0.5, 0.6) is 0 Å². The molecule has 2 heterocycles. The van der Waals surface area contributed by atoms with Crippen LogP contribution in [0.25, 0.3) is 0 Å². The number of fused-ring (bicyclic) bond motifs is 1. The third kappa shape index (κ3) is 0.435. The van der Waals surface area contributed by atoms with Crippen molar-refractivity contribution in [3.8, 4) is 0 Å². The van der Waals surface area contributed by atoms with E-state index in [1.54, 1.807) is 0 Å². The van der Waals surface area contributed by atoms with Crippen molar-refractivity contribution in [2.24, 2.45) is 0 Å². The lowest BCUT2D eigenvalue weighted by molar-refractivity contribution is 2.27. The fourth-order valence-corrected chi connectivity index (χ4v) is 15.6. The maximum absolute atomic E-state index is 2.57. The van der Waals surface area contributed by atoms with E-state index in [4.69, 9.17) is 0 Å². The van der Waals surface area contributed by atoms with Gasteiger partial charge in [0.1, 0.15) is 3.91 Å². The normalized spacial score (nSPS) is 83.0. The van der Waals surface area contributed by atoms with Gasteiger partial charge in [0.2, 0.25) is 0 Å². The molecule has 0 spiro atoms. The molecule has 5 heavy (non-hydrogen) atoms. The van der Waals surface area contributed by atoms with E-state index in [2.05, 4.69) is 42.8 Å². The summed E-state index contributed by atoms with van der Waals surface area (Å²) in [5.41, 5.74) is 0. The predicted octanol–water partition coefficient (Wildman–Crippen LogP) is 2.75. The van der Waals surface area contributed by atoms with Crippen LogP contribution < -0.4 is 0 Å². The first-order valence-electron chi connectivity index (χ1n) is 1.19. The fourth-order valence-electron chi connectivity index (χ4n) is 0.176. The van der Waals surface area contributed by atoms with Gasteiger partial charge in [-0.1, -0.05) is 26.9 Å². The molecular formula is CHIS3. The van der Waals surface area contributed by atoms with Gasteiger partial charge in [-0.15, -0.1) is 0 Å². The molecule has 30 valence electrons. The lowest BCUT2D eigenvalue weighted by Gasteiger charge is -1.80. The van der Waals surface area contributed by atoms with Gasteiger partial charge in [-0.3, -0.25) is 0 Å². The molecule has 0 bridgehead atoms. The average molecular weight is 236 g/mol. The number of halogens is 1. The second kappa shape index (κ2) is 0.809. The maximum atomic E-state index is 2.57. The molecule has 2 fully saturated rings. The summed E-state index contributed by atoms with van der Waals surface area (Å²) in [6.07, 6.45) is 0. The van der Waals surface area contributed by atoms with Crippen molar-refractivity contribution < 1.29 is 0 Å². The molecule has 0 amide bonds. The van der Waals surface area contributed by atoms with Gasteiger partial charge in [0, 0.05) is 0 Å². The van der Waals surface area contributed by atoms with Crippen LogP contribution in [0.1, 0.15) is 0 Å². The minimum atomic E-state index is 0.0533. The Morgan fingerprint density at radius 3 is 1.80 bits per heavy atom. The Hall–Kier alpha value is 1.78. The minimum Gasteiger partial charge on any atom is -0.0651 e. The smallest absolute Gasteiger partial charge is 0.0651 e. The Morgan fingerprint density at radius 1 is 1.60 bits per heavy atom. The van der Waals surface area contributed by atoms with Gasteiger partial charge in [-0.05, 0) is 21.2 Å². The molecular weight excluding hydrogens is 235 g/mol. The van der Waals surface area contributed by atoms with E-state index in [1.165, 1.54) is 0 Å². The van der Waals surface area contributed by atoms with Gasteiger partial charge >= 0.3 is 0 Å². The average Bonchev–Trinajstić information content (AvgIpc) is 1.74. The zero-order chi connectivity index (χ0) is 3.49. The Bertz CT molecular complexity index is 75.0. The van der Waals surface area contributed by atoms with E-state index in [0.717, 1.165) is 3.91 Å². The standard InChI is InChI=1S/CHIS3/c2-5-1(3-5)4-5/h1H. The molecule has 0 aromatic heterocycles. The Labute approximate surface area is 51.5 Å². The summed E-state index contributed by atoms with van der Waals surface area (Å²) in [4.78, 5) is 0. The largest absolute Gasteiger partial charge is 0.126 e. The van der Waals surface area contributed by atoms with Crippen LogP contribution in [0.3, 0.4) is 0 Å². The van der Waals surface area contributed by atoms with Gasteiger partial charge in [0.05, 0.1) is 0 Å². The van der Waals surface area contributed by atoms with Crippen LogP contribution in [-0.4, -0.2) is 3.91 Å². The topological polar surface area (TPSA) is 0 Å². The van der Waals surface area contributed by atoms with Crippen LogP contribution in [0.2, 0.25) is 0 Å². The highest BCUT2D eigenvalue weighted by molar-refractivity contribution is 14.2. The summed E-state index contributed by atoms with van der Waals surface area (Å²) in [5, 5.41) is 0.0533. The molecule has 0 aromatic rings. The molecule has 2 aliphatic heterocycles. The van der Waals surface area contributed by atoms with E-state index in [9.17, 15) is 0 Å². The zero-order valence-corrected chi connectivity index (χ0v) is 6.79. The summed E-state index contributed by atoms with van der Waals surface area (Å²) >= 11 is 2.57. The monoisotopic (exact) mass is 236 g/mol. The van der Waals surface area contributed by atoms with E-state index >= 15 is 0 Å². The summed E-state index contributed by atoms with van der Waals surface area (Å²) in [7, 11) is 4.31. The van der Waals surface area contributed by atoms with Crippen LogP contribution in [0.4, 0.5) is 0 Å². The van der Waals surface area contributed by atoms with Crippen LogP contribution >= 0.6 is 48.1 Å². The quantitative estimate of drug-likeness (QED) is 0.360. The molecule has 0 saturated carbocycles. The van der Waals surface area contributed by atoms with Crippen LogP contribution in [0.15, 0.2) is 0 Å². The van der Waals surface area contributed by atoms with E-state index in [0.29, 0.717) is 0 Å². The number of rotatable bonds is 0. The van der Waals surface area contributed by atoms with Gasteiger partial charge in [-0.25, -0.2) is 0 Å². The summed E-state index contributed by atoms with van der Waals surface area (Å²) in [5.74, 6) is 0. The van der Waals surface area contributed by atoms with Crippen molar-refractivity contribution in [1.29, 1.82) is 0 Å². The van der Waals surface area contributed by atoms with Crippen molar-refractivity contribution in [2.75, 3.05) is 0 Å². The number of hydrogen-bond donors (Lipinski definition) is 0. The molecule has 0 unspecified atom stereocenters. The Balaban J connectivity index is 2.37. The molecule has 2 saturated heterocycles. The molecule has 0 radical (unpaired) electrons. The van der Waals surface area contributed by atoms with Crippen molar-refractivity contribution in [3.05, 3.63) is 0 Å². The van der Waals surface area contributed by atoms with Gasteiger partial charge in [0.25, 0.3) is 0 Å². The number of hydrogen-bond acceptors (Lipinski definition) is 2. The first kappa shape index (κ1) is 3.74. The van der Waals surface area contributed by atoms with Crippen LogP contribution in [-0.2, 0) is 0 Å². The Kier molecular flexibility index (Phi) is 0.605. The highest BCUT2D eigenvalue weighted by atomic mass is 127. The molecule has 0 atom stereocenters. The van der Waals surface area contributed by atoms with Crippen molar-refractivity contribution in [3.63, 3.8) is 0 Å². The Morgan fingerprint density at radius 2 is 1.80 bits per heavy atom. The van der Waals surface area contributed by atoms with E-state index in [1.807, 2.05) is 0 Å². The van der Waals surface area contributed by atoms with E-state index < -0.39 is 0 Å². The molecule has 2 aliphatic rings. The second-order valence-corrected chi connectivity index (χ2v) is 17.3. The third-order valence-corrected chi connectivity index (χ3v) is 16.9. The maximum Gasteiger partial charge on any atom is 0.126 e. The molecule has 0 N–H and O–H groups in total. The zero-order valence-electron chi connectivity index (χ0n) is 2.18. The predicted molar refractivity (Wildman–Crippen MR) is 40.6 cm³/mol. The molecule has 0 nitrogen and oxygen atoms in total. The minimum absolute atomic E-state index is 0.0533. The fraction of sp³-hybridized carbons (Fsp3) is 1.00. The first-order valence-corrected chi connectivity index (χ1v) is 8.23. The van der Waals surface area contributed by atoms with Crippen LogP contribution in [0, 0.1) is 0 Å². The van der Waals surface area contributed by atoms with Crippen molar-refractivity contribution in [2.45, 2.75) is 3.91 Å². The second-order valence-electron chi connectivity index (χ2n) is 0.957. The third-order valence-electron chi connectivity index (χ3n) is 0.574. The highest BCUT2D eigenvalue weighted by Gasteiger charge is 2.68. The van der Waals surface area contributed by atoms with Crippen molar-refractivity contribution >= 4 is 48.1 Å². The lowest BCUT2D eigenvalue weighted by Crippen LogP contribution is -1.26.